The van der Waals surface area contributed by atoms with Crippen molar-refractivity contribution in [1.82, 2.24) is 9.62 Å². The van der Waals surface area contributed by atoms with E-state index < -0.39 is 10.0 Å². The first kappa shape index (κ1) is 17.2. The van der Waals surface area contributed by atoms with Crippen LogP contribution in [-0.4, -0.2) is 38.4 Å². The molecule has 21 heavy (non-hydrogen) atoms. The van der Waals surface area contributed by atoms with Crippen molar-refractivity contribution < 1.29 is 8.42 Å². The maximum Gasteiger partial charge on any atom is 0.252 e. The molecule has 1 aliphatic heterocycles. The van der Waals surface area contributed by atoms with Crippen molar-refractivity contribution in [2.24, 2.45) is 5.92 Å². The van der Waals surface area contributed by atoms with Gasteiger partial charge in [-0.3, -0.25) is 0 Å². The van der Waals surface area contributed by atoms with Crippen molar-refractivity contribution in [3.63, 3.8) is 0 Å². The molecule has 0 amide bonds. The Hall–Kier alpha value is -0.140. The number of aryl methyl sites for hydroxylation is 1. The molecule has 0 aromatic carbocycles. The van der Waals surface area contributed by atoms with Gasteiger partial charge in [0.05, 0.1) is 4.34 Å². The molecule has 2 heterocycles. The van der Waals surface area contributed by atoms with Crippen LogP contribution in [0.5, 0.6) is 0 Å². The van der Waals surface area contributed by atoms with Crippen molar-refractivity contribution in [3.8, 4) is 0 Å². The van der Waals surface area contributed by atoms with Gasteiger partial charge in [-0.2, -0.15) is 4.31 Å². The number of hydrogen-bond acceptors (Lipinski definition) is 4. The zero-order chi connectivity index (χ0) is 15.6. The molecule has 1 N–H and O–H groups in total. The van der Waals surface area contributed by atoms with Gasteiger partial charge in [0.25, 0.3) is 10.0 Å². The van der Waals surface area contributed by atoms with Crippen LogP contribution in [0.3, 0.4) is 0 Å². The molecule has 7 heteroatoms. The Kier molecular flexibility index (Phi) is 5.71. The van der Waals surface area contributed by atoms with Crippen LogP contribution in [0.1, 0.15) is 32.3 Å². The van der Waals surface area contributed by atoms with Crippen molar-refractivity contribution in [2.45, 2.75) is 43.9 Å². The molecule has 0 aliphatic carbocycles. The van der Waals surface area contributed by atoms with Crippen LogP contribution < -0.4 is 5.32 Å². The average molecular weight is 351 g/mol. The summed E-state index contributed by atoms with van der Waals surface area (Å²) in [5, 5.41) is 3.37. The smallest absolute Gasteiger partial charge is 0.252 e. The van der Waals surface area contributed by atoms with Gasteiger partial charge < -0.3 is 5.32 Å². The largest absolute Gasteiger partial charge is 0.313 e. The van der Waals surface area contributed by atoms with Crippen molar-refractivity contribution in [2.75, 3.05) is 19.6 Å². The Bertz CT molecular complexity index is 558. The summed E-state index contributed by atoms with van der Waals surface area (Å²) >= 11 is 7.19. The minimum Gasteiger partial charge on any atom is -0.313 e. The van der Waals surface area contributed by atoms with Crippen molar-refractivity contribution in [1.29, 1.82) is 0 Å². The molecule has 120 valence electrons. The third-order valence-electron chi connectivity index (χ3n) is 3.58. The maximum absolute atomic E-state index is 12.9. The highest BCUT2D eigenvalue weighted by molar-refractivity contribution is 7.91. The predicted octanol–water partition coefficient (Wildman–Crippen LogP) is 3.11. The van der Waals surface area contributed by atoms with E-state index in [0.717, 1.165) is 36.3 Å². The minimum absolute atomic E-state index is 0.259. The van der Waals surface area contributed by atoms with Gasteiger partial charge in [0.15, 0.2) is 0 Å². The van der Waals surface area contributed by atoms with Gasteiger partial charge in [-0.25, -0.2) is 8.42 Å². The minimum atomic E-state index is -3.46. The van der Waals surface area contributed by atoms with Crippen LogP contribution in [0, 0.1) is 12.8 Å². The summed E-state index contributed by atoms with van der Waals surface area (Å²) in [7, 11) is -3.46. The summed E-state index contributed by atoms with van der Waals surface area (Å²) in [5.41, 5.74) is 0.823. The molecular formula is C14H23ClN2O2S2. The number of halogens is 1. The number of sulfonamides is 1. The predicted molar refractivity (Wildman–Crippen MR) is 88.7 cm³/mol. The molecule has 0 spiro atoms. The Morgan fingerprint density at radius 1 is 1.52 bits per heavy atom. The molecule has 1 fully saturated rings. The lowest BCUT2D eigenvalue weighted by molar-refractivity contribution is 0.337. The fourth-order valence-electron chi connectivity index (χ4n) is 2.52. The first-order valence-corrected chi connectivity index (χ1v) is 9.93. The molecule has 2 rings (SSSR count). The zero-order valence-electron chi connectivity index (χ0n) is 12.7. The second-order valence-electron chi connectivity index (χ2n) is 6.03. The standard InChI is InChI=1S/C14H23ClN2O2S2/c1-10(2)8-17(9-12-5-4-6-16-12)21(18,19)13-7-11(3)14(15)20-13/h7,10,12,16H,4-6,8-9H2,1-3H3. The number of rotatable bonds is 6. The third-order valence-corrected chi connectivity index (χ3v) is 7.42. The molecule has 1 saturated heterocycles. The normalized spacial score (nSPS) is 19.8. The van der Waals surface area contributed by atoms with E-state index in [0.29, 0.717) is 21.6 Å². The molecule has 1 aromatic rings. The Labute approximate surface area is 136 Å². The van der Waals surface area contributed by atoms with Crippen LogP contribution in [0.15, 0.2) is 10.3 Å². The molecule has 1 aliphatic rings. The van der Waals surface area contributed by atoms with Crippen LogP contribution in [-0.2, 0) is 10.0 Å². The van der Waals surface area contributed by atoms with Crippen molar-refractivity contribution >= 4 is 33.0 Å². The summed E-state index contributed by atoms with van der Waals surface area (Å²) in [6.45, 7) is 7.96. The van der Waals surface area contributed by atoms with Crippen LogP contribution in [0.25, 0.3) is 0 Å². The summed E-state index contributed by atoms with van der Waals surface area (Å²) in [4.78, 5) is 0. The Balaban J connectivity index is 2.24. The summed E-state index contributed by atoms with van der Waals surface area (Å²) in [6.07, 6.45) is 2.15. The molecule has 0 radical (unpaired) electrons. The summed E-state index contributed by atoms with van der Waals surface area (Å²) in [5.74, 6) is 0.290. The Morgan fingerprint density at radius 2 is 2.24 bits per heavy atom. The monoisotopic (exact) mass is 350 g/mol. The average Bonchev–Trinajstić information content (AvgIpc) is 2.99. The van der Waals surface area contributed by atoms with Crippen LogP contribution in [0.2, 0.25) is 4.34 Å². The van der Waals surface area contributed by atoms with Gasteiger partial charge >= 0.3 is 0 Å². The molecule has 4 nitrogen and oxygen atoms in total. The fraction of sp³-hybridized carbons (Fsp3) is 0.714. The number of nitrogens with one attached hydrogen (secondary N) is 1. The molecule has 0 bridgehead atoms. The van der Waals surface area contributed by atoms with Gasteiger partial charge in [0, 0.05) is 19.1 Å². The van der Waals surface area contributed by atoms with Gasteiger partial charge in [-0.05, 0) is 43.9 Å². The van der Waals surface area contributed by atoms with E-state index in [9.17, 15) is 8.42 Å². The quantitative estimate of drug-likeness (QED) is 0.857. The lowest BCUT2D eigenvalue weighted by Crippen LogP contribution is -2.42. The topological polar surface area (TPSA) is 49.4 Å². The molecular weight excluding hydrogens is 328 g/mol. The van der Waals surface area contributed by atoms with Gasteiger partial charge in [-0.15, -0.1) is 11.3 Å². The molecule has 1 atom stereocenters. The van der Waals surface area contributed by atoms with E-state index in [4.69, 9.17) is 11.6 Å². The highest BCUT2D eigenvalue weighted by Gasteiger charge is 2.30. The summed E-state index contributed by atoms with van der Waals surface area (Å²) < 4.78 is 28.3. The molecule has 1 aromatic heterocycles. The Morgan fingerprint density at radius 3 is 2.71 bits per heavy atom. The van der Waals surface area contributed by atoms with E-state index in [1.165, 1.54) is 0 Å². The van der Waals surface area contributed by atoms with E-state index in [1.807, 2.05) is 20.8 Å². The second-order valence-corrected chi connectivity index (χ2v) is 9.85. The lowest BCUT2D eigenvalue weighted by atomic mass is 10.2. The lowest BCUT2D eigenvalue weighted by Gasteiger charge is -2.26. The number of nitrogens with zero attached hydrogens (tertiary/aromatic N) is 1. The fourth-order valence-corrected chi connectivity index (χ4v) is 6.03. The number of thiophene rings is 1. The van der Waals surface area contributed by atoms with Gasteiger partial charge in [0.2, 0.25) is 0 Å². The summed E-state index contributed by atoms with van der Waals surface area (Å²) in [6, 6.07) is 1.94. The second kappa shape index (κ2) is 6.96. The first-order valence-electron chi connectivity index (χ1n) is 7.30. The highest BCUT2D eigenvalue weighted by atomic mass is 35.5. The van der Waals surface area contributed by atoms with Crippen LogP contribution in [0.4, 0.5) is 0 Å². The van der Waals surface area contributed by atoms with Crippen LogP contribution >= 0.6 is 22.9 Å². The van der Waals surface area contributed by atoms with Gasteiger partial charge in [-0.1, -0.05) is 25.4 Å². The highest BCUT2D eigenvalue weighted by Crippen LogP contribution is 2.32. The molecule has 1 unspecified atom stereocenters. The third kappa shape index (κ3) is 4.20. The van der Waals surface area contributed by atoms with E-state index in [1.54, 1.807) is 10.4 Å². The zero-order valence-corrected chi connectivity index (χ0v) is 15.1. The van der Waals surface area contributed by atoms with Gasteiger partial charge in [0.1, 0.15) is 4.21 Å². The molecule has 0 saturated carbocycles. The van der Waals surface area contributed by atoms with E-state index >= 15 is 0 Å². The first-order chi connectivity index (χ1) is 9.80. The van der Waals surface area contributed by atoms with E-state index in [-0.39, 0.29) is 12.0 Å². The maximum atomic E-state index is 12.9. The van der Waals surface area contributed by atoms with Crippen molar-refractivity contribution in [3.05, 3.63) is 16.0 Å². The SMILES string of the molecule is Cc1cc(S(=O)(=O)N(CC(C)C)CC2CCCN2)sc1Cl. The number of hydrogen-bond donors (Lipinski definition) is 1. The van der Waals surface area contributed by atoms with E-state index in [2.05, 4.69) is 5.32 Å².